The number of rotatable bonds is 6. The van der Waals surface area contributed by atoms with Crippen LogP contribution in [-0.4, -0.2) is 30.2 Å². The summed E-state index contributed by atoms with van der Waals surface area (Å²) in [5, 5.41) is 26.5. The molecule has 1 heterocycles. The van der Waals surface area contributed by atoms with Crippen molar-refractivity contribution in [3.8, 4) is 0 Å². The number of nitro groups is 1. The van der Waals surface area contributed by atoms with E-state index in [0.29, 0.717) is 16.9 Å². The smallest absolute Gasteiger partial charge is 0.293 e. The number of benzene rings is 2. The molecule has 8 nitrogen and oxygen atoms in total. The third-order valence-corrected chi connectivity index (χ3v) is 4.57. The minimum Gasteiger partial charge on any atom is -0.545 e. The van der Waals surface area contributed by atoms with Gasteiger partial charge in [-0.3, -0.25) is 15.5 Å². The van der Waals surface area contributed by atoms with Crippen molar-refractivity contribution in [2.24, 2.45) is 5.10 Å². The van der Waals surface area contributed by atoms with Gasteiger partial charge in [0.15, 0.2) is 0 Å². The molecule has 0 aromatic heterocycles. The highest BCUT2D eigenvalue weighted by Crippen LogP contribution is 2.31. The molecule has 0 unspecified atom stereocenters. The van der Waals surface area contributed by atoms with Crippen LogP contribution in [0.4, 0.5) is 17.1 Å². The van der Waals surface area contributed by atoms with E-state index in [0.717, 1.165) is 25.9 Å². The van der Waals surface area contributed by atoms with Gasteiger partial charge >= 0.3 is 0 Å². The predicted molar refractivity (Wildman–Crippen MR) is 102 cm³/mol. The summed E-state index contributed by atoms with van der Waals surface area (Å²) in [5.74, 6) is -1.39. The second-order valence-electron chi connectivity index (χ2n) is 6.05. The third kappa shape index (κ3) is 4.35. The van der Waals surface area contributed by atoms with Crippen molar-refractivity contribution in [3.63, 3.8) is 0 Å². The molecule has 0 bridgehead atoms. The van der Waals surface area contributed by atoms with Crippen LogP contribution in [0.25, 0.3) is 0 Å². The summed E-state index contributed by atoms with van der Waals surface area (Å²) in [6, 6.07) is 9.22. The molecule has 9 heteroatoms. The number of carboxylic acids is 1. The van der Waals surface area contributed by atoms with E-state index >= 15 is 0 Å². The van der Waals surface area contributed by atoms with Crippen molar-refractivity contribution < 1.29 is 14.8 Å². The first-order valence-electron chi connectivity index (χ1n) is 8.29. The number of carbonyl (C=O) groups is 1. The second kappa shape index (κ2) is 8.05. The molecule has 1 aliphatic rings. The highest BCUT2D eigenvalue weighted by Gasteiger charge is 2.22. The fourth-order valence-corrected chi connectivity index (χ4v) is 3.12. The number of carbonyl (C=O) groups excluding carboxylic acids is 1. The van der Waals surface area contributed by atoms with Gasteiger partial charge in [-0.05, 0) is 37.1 Å². The fourth-order valence-electron chi connectivity index (χ4n) is 2.93. The molecule has 1 saturated heterocycles. The lowest BCUT2D eigenvalue weighted by atomic mass is 10.1. The monoisotopic (exact) mass is 387 g/mol. The Hall–Kier alpha value is -3.13. The van der Waals surface area contributed by atoms with E-state index in [1.165, 1.54) is 24.4 Å². The molecule has 2 aromatic rings. The third-order valence-electron chi connectivity index (χ3n) is 4.24. The van der Waals surface area contributed by atoms with Gasteiger partial charge in [-0.1, -0.05) is 17.7 Å². The van der Waals surface area contributed by atoms with Crippen molar-refractivity contribution in [1.82, 2.24) is 0 Å². The van der Waals surface area contributed by atoms with Crippen LogP contribution in [0.1, 0.15) is 28.8 Å². The number of hydrogen-bond donors (Lipinski definition) is 1. The molecule has 140 valence electrons. The van der Waals surface area contributed by atoms with Crippen molar-refractivity contribution >= 4 is 40.8 Å². The molecule has 0 radical (unpaired) electrons. The van der Waals surface area contributed by atoms with Crippen LogP contribution in [0.2, 0.25) is 5.02 Å². The van der Waals surface area contributed by atoms with Gasteiger partial charge < -0.3 is 14.8 Å². The van der Waals surface area contributed by atoms with Crippen LogP contribution in [0, 0.1) is 10.1 Å². The van der Waals surface area contributed by atoms with Gasteiger partial charge in [0.05, 0.1) is 22.8 Å². The van der Waals surface area contributed by atoms with E-state index in [1.807, 2.05) is 4.90 Å². The van der Waals surface area contributed by atoms with Crippen LogP contribution in [-0.2, 0) is 0 Å². The molecular formula is C18H16ClN4O4-. The summed E-state index contributed by atoms with van der Waals surface area (Å²) in [7, 11) is 0. The van der Waals surface area contributed by atoms with Crippen molar-refractivity contribution in [2.75, 3.05) is 23.4 Å². The SMILES string of the molecule is O=C([O-])c1cc(N/N=C\c2ccc(N3CCCC3)c([N+](=O)[O-])c2)ccc1Cl. The van der Waals surface area contributed by atoms with Crippen LogP contribution in [0.3, 0.4) is 0 Å². The van der Waals surface area contributed by atoms with Gasteiger partial charge in [0.25, 0.3) is 5.69 Å². The number of anilines is 2. The highest BCUT2D eigenvalue weighted by molar-refractivity contribution is 6.33. The maximum atomic E-state index is 11.4. The maximum Gasteiger partial charge on any atom is 0.293 e. The Morgan fingerprint density at radius 1 is 1.22 bits per heavy atom. The summed E-state index contributed by atoms with van der Waals surface area (Å²) in [6.07, 6.45) is 3.48. The van der Waals surface area contributed by atoms with Crippen LogP contribution in [0.15, 0.2) is 41.5 Å². The first-order valence-corrected chi connectivity index (χ1v) is 8.67. The molecule has 27 heavy (non-hydrogen) atoms. The Bertz CT molecular complexity index is 910. The van der Waals surface area contributed by atoms with Crippen LogP contribution < -0.4 is 15.4 Å². The number of nitro benzene ring substituents is 1. The minimum absolute atomic E-state index is 0.0339. The van der Waals surface area contributed by atoms with Gasteiger partial charge in [-0.2, -0.15) is 5.10 Å². The van der Waals surface area contributed by atoms with Crippen molar-refractivity contribution in [3.05, 3.63) is 62.7 Å². The van der Waals surface area contributed by atoms with Crippen molar-refractivity contribution in [2.45, 2.75) is 12.8 Å². The van der Waals surface area contributed by atoms with Gasteiger partial charge in [0.2, 0.25) is 0 Å². The predicted octanol–water partition coefficient (Wildman–Crippen LogP) is 2.66. The topological polar surface area (TPSA) is 111 Å². The molecule has 2 aromatic carbocycles. The number of hydrazone groups is 1. The molecule has 1 fully saturated rings. The average molecular weight is 388 g/mol. The highest BCUT2D eigenvalue weighted by atomic mass is 35.5. The summed E-state index contributed by atoms with van der Waals surface area (Å²) < 4.78 is 0. The Morgan fingerprint density at radius 3 is 2.63 bits per heavy atom. The molecule has 0 amide bonds. The van der Waals surface area contributed by atoms with E-state index in [1.54, 1.807) is 18.2 Å². The zero-order valence-electron chi connectivity index (χ0n) is 14.2. The number of halogens is 1. The molecule has 1 N–H and O–H groups in total. The lowest BCUT2D eigenvalue weighted by molar-refractivity contribution is -0.384. The van der Waals surface area contributed by atoms with E-state index in [4.69, 9.17) is 11.6 Å². The standard InChI is InChI=1S/C18H17ClN4O4/c19-15-5-4-13(10-14(15)18(24)25)21-20-11-12-3-6-16(17(9-12)23(26)27)22-7-1-2-8-22/h3-6,9-11,21H,1-2,7-8H2,(H,24,25)/p-1/b20-11-. The number of nitrogens with one attached hydrogen (secondary N) is 1. The van der Waals surface area contributed by atoms with E-state index < -0.39 is 10.9 Å². The second-order valence-corrected chi connectivity index (χ2v) is 6.46. The first-order chi connectivity index (χ1) is 13.0. The van der Waals surface area contributed by atoms with Gasteiger partial charge in [0, 0.05) is 35.3 Å². The summed E-state index contributed by atoms with van der Waals surface area (Å²) in [6.45, 7) is 1.63. The maximum absolute atomic E-state index is 11.4. The molecule has 0 aliphatic carbocycles. The normalized spacial score (nSPS) is 13.9. The first kappa shape index (κ1) is 18.7. The molecule has 3 rings (SSSR count). The lowest BCUT2D eigenvalue weighted by Crippen LogP contribution is -2.22. The molecule has 0 spiro atoms. The quantitative estimate of drug-likeness (QED) is 0.463. The van der Waals surface area contributed by atoms with Gasteiger partial charge in [-0.25, -0.2) is 0 Å². The molecule has 0 atom stereocenters. The fraction of sp³-hybridized carbons (Fsp3) is 0.222. The number of hydrogen-bond acceptors (Lipinski definition) is 7. The average Bonchev–Trinajstić information content (AvgIpc) is 3.17. The molecule has 0 saturated carbocycles. The number of carboxylic acid groups (broad SMARTS) is 1. The Kier molecular flexibility index (Phi) is 5.56. The van der Waals surface area contributed by atoms with Crippen molar-refractivity contribution in [1.29, 1.82) is 0 Å². The Labute approximate surface area is 160 Å². The Balaban J connectivity index is 1.77. The van der Waals surface area contributed by atoms with E-state index in [2.05, 4.69) is 10.5 Å². The number of nitrogens with zero attached hydrogens (tertiary/aromatic N) is 3. The van der Waals surface area contributed by atoms with Crippen LogP contribution in [0.5, 0.6) is 0 Å². The molecule has 1 aliphatic heterocycles. The summed E-state index contributed by atoms with van der Waals surface area (Å²) in [5.41, 5.74) is 4.12. The largest absolute Gasteiger partial charge is 0.545 e. The van der Waals surface area contributed by atoms with Gasteiger partial charge in [0.1, 0.15) is 5.69 Å². The Morgan fingerprint density at radius 2 is 1.96 bits per heavy atom. The van der Waals surface area contributed by atoms with Gasteiger partial charge in [-0.15, -0.1) is 0 Å². The van der Waals surface area contributed by atoms with Crippen LogP contribution >= 0.6 is 11.6 Å². The zero-order chi connectivity index (χ0) is 19.4. The summed E-state index contributed by atoms with van der Waals surface area (Å²) >= 11 is 5.78. The van der Waals surface area contributed by atoms with E-state index in [9.17, 15) is 20.0 Å². The minimum atomic E-state index is -1.39. The number of aromatic carboxylic acids is 1. The molecular weight excluding hydrogens is 372 g/mol. The lowest BCUT2D eigenvalue weighted by Gasteiger charge is -2.17. The zero-order valence-corrected chi connectivity index (χ0v) is 15.0. The summed E-state index contributed by atoms with van der Waals surface area (Å²) in [4.78, 5) is 24.0. The van der Waals surface area contributed by atoms with E-state index in [-0.39, 0.29) is 16.3 Å².